The van der Waals surface area contributed by atoms with Gasteiger partial charge in [-0.05, 0) is 42.5 Å². The Morgan fingerprint density at radius 2 is 1.68 bits per heavy atom. The number of aromatic nitrogens is 3. The third-order valence-corrected chi connectivity index (χ3v) is 3.70. The van der Waals surface area contributed by atoms with Gasteiger partial charge in [-0.2, -0.15) is 0 Å². The molecular formula is C19H16N4O2. The van der Waals surface area contributed by atoms with E-state index in [0.29, 0.717) is 17.3 Å². The van der Waals surface area contributed by atoms with Crippen LogP contribution in [0.25, 0.3) is 11.0 Å². The number of aliphatic hydroxyl groups is 1. The summed E-state index contributed by atoms with van der Waals surface area (Å²) in [7, 11) is 0. The molecular weight excluding hydrogens is 316 g/mol. The fourth-order valence-corrected chi connectivity index (χ4v) is 2.52. The molecule has 4 aromatic rings. The topological polar surface area (TPSA) is 83.1 Å². The number of hydrogen-bond donors (Lipinski definition) is 3. The predicted molar refractivity (Wildman–Crippen MR) is 96.1 cm³/mol. The molecule has 6 heteroatoms. The summed E-state index contributed by atoms with van der Waals surface area (Å²) >= 11 is 0. The third kappa shape index (κ3) is 3.29. The maximum atomic E-state index is 9.32. The van der Waals surface area contributed by atoms with Crippen LogP contribution in [0.5, 0.6) is 11.5 Å². The number of aliphatic hydroxyl groups excluding tert-OH is 1. The summed E-state index contributed by atoms with van der Waals surface area (Å²) in [5.74, 6) is 2.55. The summed E-state index contributed by atoms with van der Waals surface area (Å²) in [5.41, 5.74) is 1.55. The average Bonchev–Trinajstić information content (AvgIpc) is 3.13. The van der Waals surface area contributed by atoms with Crippen molar-refractivity contribution in [1.82, 2.24) is 15.0 Å². The van der Waals surface area contributed by atoms with Crippen molar-refractivity contribution in [1.29, 1.82) is 0 Å². The number of H-pyrrole nitrogens is 1. The van der Waals surface area contributed by atoms with Gasteiger partial charge >= 0.3 is 0 Å². The first kappa shape index (κ1) is 15.2. The Balaban J connectivity index is 1.56. The van der Waals surface area contributed by atoms with Gasteiger partial charge in [0, 0.05) is 11.9 Å². The number of nitrogens with one attached hydrogen (secondary N) is 2. The normalized spacial score (nSPS) is 10.8. The number of rotatable bonds is 5. The zero-order valence-corrected chi connectivity index (χ0v) is 13.3. The van der Waals surface area contributed by atoms with Gasteiger partial charge in [0.05, 0.1) is 5.39 Å². The van der Waals surface area contributed by atoms with Crippen molar-refractivity contribution in [2.45, 2.75) is 6.61 Å². The average molecular weight is 332 g/mol. The highest BCUT2D eigenvalue weighted by Crippen LogP contribution is 2.26. The summed E-state index contributed by atoms with van der Waals surface area (Å²) in [6.07, 6.45) is 1.79. The van der Waals surface area contributed by atoms with Crippen molar-refractivity contribution in [2.24, 2.45) is 0 Å². The minimum Gasteiger partial charge on any atom is -0.457 e. The van der Waals surface area contributed by atoms with Gasteiger partial charge < -0.3 is 20.1 Å². The fourth-order valence-electron chi connectivity index (χ4n) is 2.52. The Kier molecular flexibility index (Phi) is 4.02. The molecule has 6 nitrogen and oxygen atoms in total. The van der Waals surface area contributed by atoms with E-state index in [0.717, 1.165) is 22.6 Å². The van der Waals surface area contributed by atoms with E-state index in [4.69, 9.17) is 4.74 Å². The first-order valence-corrected chi connectivity index (χ1v) is 7.87. The quantitative estimate of drug-likeness (QED) is 0.515. The Morgan fingerprint density at radius 3 is 2.44 bits per heavy atom. The highest BCUT2D eigenvalue weighted by Gasteiger charge is 2.08. The van der Waals surface area contributed by atoms with Crippen LogP contribution in [0.15, 0.2) is 66.9 Å². The van der Waals surface area contributed by atoms with E-state index in [9.17, 15) is 5.11 Å². The van der Waals surface area contributed by atoms with Crippen molar-refractivity contribution in [3.63, 3.8) is 0 Å². The monoisotopic (exact) mass is 332 g/mol. The first-order chi connectivity index (χ1) is 12.3. The SMILES string of the molecule is OCc1nc(Nc2ccc(Oc3ccccc3)cc2)c2cc[nH]c2n1. The second kappa shape index (κ2) is 6.62. The van der Waals surface area contributed by atoms with E-state index >= 15 is 0 Å². The minimum absolute atomic E-state index is 0.215. The zero-order chi connectivity index (χ0) is 17.1. The molecule has 0 aliphatic carbocycles. The van der Waals surface area contributed by atoms with Gasteiger partial charge in [0.1, 0.15) is 29.6 Å². The molecule has 0 fully saturated rings. The highest BCUT2D eigenvalue weighted by molar-refractivity contribution is 5.89. The first-order valence-electron chi connectivity index (χ1n) is 7.87. The van der Waals surface area contributed by atoms with Crippen LogP contribution in [-0.4, -0.2) is 20.1 Å². The lowest BCUT2D eigenvalue weighted by molar-refractivity contribution is 0.272. The van der Waals surface area contributed by atoms with Crippen LogP contribution < -0.4 is 10.1 Å². The summed E-state index contributed by atoms with van der Waals surface area (Å²) < 4.78 is 5.79. The maximum Gasteiger partial charge on any atom is 0.158 e. The number of para-hydroxylation sites is 1. The Morgan fingerprint density at radius 1 is 0.920 bits per heavy atom. The molecule has 0 unspecified atom stereocenters. The Labute approximate surface area is 144 Å². The molecule has 0 radical (unpaired) electrons. The third-order valence-electron chi connectivity index (χ3n) is 3.70. The number of ether oxygens (including phenoxy) is 1. The molecule has 0 spiro atoms. The molecule has 0 aliphatic rings. The van der Waals surface area contributed by atoms with Gasteiger partial charge in [0.2, 0.25) is 0 Å². The lowest BCUT2D eigenvalue weighted by Gasteiger charge is -2.10. The van der Waals surface area contributed by atoms with Crippen LogP contribution in [0.3, 0.4) is 0 Å². The van der Waals surface area contributed by atoms with Gasteiger partial charge in [0.25, 0.3) is 0 Å². The van der Waals surface area contributed by atoms with Crippen LogP contribution in [0.4, 0.5) is 11.5 Å². The molecule has 3 N–H and O–H groups in total. The molecule has 2 aromatic carbocycles. The summed E-state index contributed by atoms with van der Waals surface area (Å²) in [6, 6.07) is 19.1. The van der Waals surface area contributed by atoms with Crippen molar-refractivity contribution >= 4 is 22.5 Å². The van der Waals surface area contributed by atoms with Crippen molar-refractivity contribution < 1.29 is 9.84 Å². The molecule has 25 heavy (non-hydrogen) atoms. The number of anilines is 2. The summed E-state index contributed by atoms with van der Waals surface area (Å²) in [5, 5.41) is 13.4. The van der Waals surface area contributed by atoms with Gasteiger partial charge in [-0.1, -0.05) is 18.2 Å². The second-order valence-electron chi connectivity index (χ2n) is 5.45. The van der Waals surface area contributed by atoms with Crippen LogP contribution in [0.2, 0.25) is 0 Å². The van der Waals surface area contributed by atoms with Crippen LogP contribution in [-0.2, 0) is 6.61 Å². The smallest absolute Gasteiger partial charge is 0.158 e. The Bertz CT molecular complexity index is 981. The molecule has 0 bridgehead atoms. The molecule has 0 saturated heterocycles. The minimum atomic E-state index is -0.215. The van der Waals surface area contributed by atoms with Crippen LogP contribution in [0.1, 0.15) is 5.82 Å². The lowest BCUT2D eigenvalue weighted by atomic mass is 10.3. The molecule has 0 amide bonds. The summed E-state index contributed by atoms with van der Waals surface area (Å²) in [6.45, 7) is -0.215. The standard InChI is InChI=1S/C19H16N4O2/c24-12-17-22-18-16(10-11-20-18)19(23-17)21-13-6-8-15(9-7-13)25-14-4-2-1-3-5-14/h1-11,24H,12H2,(H2,20,21,22,23). The van der Waals surface area contributed by atoms with Crippen molar-refractivity contribution in [3.8, 4) is 11.5 Å². The fraction of sp³-hybridized carbons (Fsp3) is 0.0526. The van der Waals surface area contributed by atoms with E-state index in [1.807, 2.05) is 60.7 Å². The predicted octanol–water partition coefficient (Wildman–Crippen LogP) is 3.99. The van der Waals surface area contributed by atoms with Gasteiger partial charge in [0.15, 0.2) is 5.82 Å². The number of aromatic amines is 1. The van der Waals surface area contributed by atoms with E-state index in [2.05, 4.69) is 20.3 Å². The van der Waals surface area contributed by atoms with Crippen molar-refractivity contribution in [2.75, 3.05) is 5.32 Å². The van der Waals surface area contributed by atoms with E-state index < -0.39 is 0 Å². The number of hydrogen-bond acceptors (Lipinski definition) is 5. The molecule has 0 aliphatic heterocycles. The Hall–Kier alpha value is -3.38. The van der Waals surface area contributed by atoms with Crippen LogP contribution >= 0.6 is 0 Å². The number of nitrogens with zero attached hydrogens (tertiary/aromatic N) is 2. The lowest BCUT2D eigenvalue weighted by Crippen LogP contribution is -2.01. The van der Waals surface area contributed by atoms with Crippen molar-refractivity contribution in [3.05, 3.63) is 72.7 Å². The van der Waals surface area contributed by atoms with E-state index in [1.54, 1.807) is 6.20 Å². The maximum absolute atomic E-state index is 9.32. The molecule has 0 saturated carbocycles. The highest BCUT2D eigenvalue weighted by atomic mass is 16.5. The summed E-state index contributed by atoms with van der Waals surface area (Å²) in [4.78, 5) is 11.6. The van der Waals surface area contributed by atoms with Gasteiger partial charge in [-0.15, -0.1) is 0 Å². The van der Waals surface area contributed by atoms with Gasteiger partial charge in [-0.3, -0.25) is 0 Å². The number of fused-ring (bicyclic) bond motifs is 1. The molecule has 2 heterocycles. The largest absolute Gasteiger partial charge is 0.457 e. The zero-order valence-electron chi connectivity index (χ0n) is 13.3. The molecule has 0 atom stereocenters. The molecule has 2 aromatic heterocycles. The van der Waals surface area contributed by atoms with Crippen LogP contribution in [0, 0.1) is 0 Å². The molecule has 4 rings (SSSR count). The van der Waals surface area contributed by atoms with E-state index in [-0.39, 0.29) is 6.61 Å². The van der Waals surface area contributed by atoms with E-state index in [1.165, 1.54) is 0 Å². The van der Waals surface area contributed by atoms with Gasteiger partial charge in [-0.25, -0.2) is 9.97 Å². The second-order valence-corrected chi connectivity index (χ2v) is 5.45. The number of benzene rings is 2. The molecule has 124 valence electrons.